The van der Waals surface area contributed by atoms with E-state index >= 15 is 0 Å². The summed E-state index contributed by atoms with van der Waals surface area (Å²) in [4.78, 5) is 15.4. The van der Waals surface area contributed by atoms with Crippen LogP contribution in [0.1, 0.15) is 12.5 Å². The van der Waals surface area contributed by atoms with Crippen LogP contribution in [0, 0.1) is 0 Å². The number of aromatic hydroxyl groups is 1. The molecule has 0 bridgehead atoms. The van der Waals surface area contributed by atoms with E-state index in [0.717, 1.165) is 0 Å². The number of carbonyl (C=O) groups is 1. The second-order valence-corrected chi connectivity index (χ2v) is 4.97. The third-order valence-corrected chi connectivity index (χ3v) is 3.07. The molecule has 0 fully saturated rings. The molecule has 2 rings (SSSR count). The molecule has 6 heteroatoms. The molecule has 114 valence electrons. The molecule has 2 N–H and O–H groups in total. The van der Waals surface area contributed by atoms with E-state index in [0.29, 0.717) is 27.7 Å². The predicted octanol–water partition coefficient (Wildman–Crippen LogP) is 3.76. The number of nitrogens with zero attached hydrogens (tertiary/aromatic N) is 1. The van der Waals surface area contributed by atoms with Crippen LogP contribution in [-0.4, -0.2) is 24.3 Å². The monoisotopic (exact) mass is 318 g/mol. The van der Waals surface area contributed by atoms with Crippen molar-refractivity contribution in [2.45, 2.75) is 6.92 Å². The summed E-state index contributed by atoms with van der Waals surface area (Å²) < 4.78 is 5.23. The molecular formula is C16H15ClN2O3. The molecule has 0 aliphatic rings. The standard InChI is InChI=1S/C16H15ClN2O3/c1-10(20)19-13-4-6-16(22-2)14(8-13)18-9-11-7-12(17)3-5-15(11)21/h3-9,21H,1-2H3,(H,19,20). The van der Waals surface area contributed by atoms with Gasteiger partial charge in [0.05, 0.1) is 7.11 Å². The molecule has 0 aromatic heterocycles. The second-order valence-electron chi connectivity index (χ2n) is 4.53. The molecule has 22 heavy (non-hydrogen) atoms. The van der Waals surface area contributed by atoms with Crippen molar-refractivity contribution >= 4 is 35.1 Å². The van der Waals surface area contributed by atoms with Crippen LogP contribution in [0.15, 0.2) is 41.4 Å². The number of ether oxygens (including phenoxy) is 1. The molecule has 0 aliphatic carbocycles. The Labute approximate surface area is 133 Å². The summed E-state index contributed by atoms with van der Waals surface area (Å²) in [6.07, 6.45) is 1.48. The second kappa shape index (κ2) is 6.95. The highest BCUT2D eigenvalue weighted by atomic mass is 35.5. The first-order chi connectivity index (χ1) is 10.5. The highest BCUT2D eigenvalue weighted by molar-refractivity contribution is 6.30. The van der Waals surface area contributed by atoms with E-state index in [1.165, 1.54) is 26.3 Å². The topological polar surface area (TPSA) is 70.9 Å². The molecule has 0 saturated carbocycles. The van der Waals surface area contributed by atoms with Gasteiger partial charge in [-0.2, -0.15) is 0 Å². The number of hydrogen-bond acceptors (Lipinski definition) is 4. The number of rotatable bonds is 4. The Morgan fingerprint density at radius 1 is 1.32 bits per heavy atom. The zero-order valence-corrected chi connectivity index (χ0v) is 12.9. The number of phenols is 1. The minimum atomic E-state index is -0.174. The number of benzene rings is 2. The molecule has 0 atom stereocenters. The van der Waals surface area contributed by atoms with Gasteiger partial charge < -0.3 is 15.2 Å². The molecule has 5 nitrogen and oxygen atoms in total. The van der Waals surface area contributed by atoms with Crippen molar-refractivity contribution in [3.8, 4) is 11.5 Å². The Bertz CT molecular complexity index is 729. The van der Waals surface area contributed by atoms with Crippen LogP contribution in [-0.2, 0) is 4.79 Å². The van der Waals surface area contributed by atoms with Gasteiger partial charge in [-0.1, -0.05) is 11.6 Å². The average Bonchev–Trinajstić information content (AvgIpc) is 2.48. The largest absolute Gasteiger partial charge is 0.507 e. The molecular weight excluding hydrogens is 304 g/mol. The van der Waals surface area contributed by atoms with Crippen molar-refractivity contribution in [2.75, 3.05) is 12.4 Å². The quantitative estimate of drug-likeness (QED) is 0.843. The maximum absolute atomic E-state index is 11.1. The van der Waals surface area contributed by atoms with E-state index < -0.39 is 0 Å². The number of anilines is 1. The van der Waals surface area contributed by atoms with E-state index in [-0.39, 0.29) is 11.7 Å². The summed E-state index contributed by atoms with van der Waals surface area (Å²) >= 11 is 5.89. The van der Waals surface area contributed by atoms with E-state index in [4.69, 9.17) is 16.3 Å². The van der Waals surface area contributed by atoms with Crippen molar-refractivity contribution in [3.63, 3.8) is 0 Å². The van der Waals surface area contributed by atoms with Gasteiger partial charge in [0.15, 0.2) is 0 Å². The molecule has 0 unspecified atom stereocenters. The first-order valence-electron chi connectivity index (χ1n) is 6.48. The van der Waals surface area contributed by atoms with E-state index in [2.05, 4.69) is 10.3 Å². The van der Waals surface area contributed by atoms with Crippen LogP contribution in [0.25, 0.3) is 0 Å². The number of aliphatic imine (C=N–C) groups is 1. The third kappa shape index (κ3) is 3.99. The number of carbonyl (C=O) groups excluding carboxylic acids is 1. The van der Waals surface area contributed by atoms with Crippen molar-refractivity contribution < 1.29 is 14.6 Å². The number of halogens is 1. The van der Waals surface area contributed by atoms with Gasteiger partial charge in [0.25, 0.3) is 0 Å². The number of methoxy groups -OCH3 is 1. The van der Waals surface area contributed by atoms with Gasteiger partial charge in [-0.05, 0) is 36.4 Å². The van der Waals surface area contributed by atoms with Crippen LogP contribution >= 0.6 is 11.6 Å². The SMILES string of the molecule is COc1ccc(NC(C)=O)cc1N=Cc1cc(Cl)ccc1O. The van der Waals surface area contributed by atoms with Gasteiger partial charge >= 0.3 is 0 Å². The van der Waals surface area contributed by atoms with Gasteiger partial charge in [-0.25, -0.2) is 0 Å². The summed E-state index contributed by atoms with van der Waals surface area (Å²) in [5.74, 6) is 0.449. The number of hydrogen-bond donors (Lipinski definition) is 2. The normalized spacial score (nSPS) is 10.7. The summed E-state index contributed by atoms with van der Waals surface area (Å²) in [5, 5.41) is 12.9. The maximum atomic E-state index is 11.1. The average molecular weight is 319 g/mol. The number of phenolic OH excluding ortho intramolecular Hbond substituents is 1. The fourth-order valence-electron chi connectivity index (χ4n) is 1.84. The zero-order valence-electron chi connectivity index (χ0n) is 12.1. The lowest BCUT2D eigenvalue weighted by atomic mass is 10.2. The van der Waals surface area contributed by atoms with Gasteiger partial charge in [-0.15, -0.1) is 0 Å². The van der Waals surface area contributed by atoms with Crippen LogP contribution in [0.5, 0.6) is 11.5 Å². The molecule has 0 saturated heterocycles. The molecule has 2 aromatic rings. The Morgan fingerprint density at radius 3 is 2.77 bits per heavy atom. The van der Waals surface area contributed by atoms with Crippen LogP contribution in [0.2, 0.25) is 5.02 Å². The summed E-state index contributed by atoms with van der Waals surface area (Å²) in [7, 11) is 1.53. The Morgan fingerprint density at radius 2 is 2.09 bits per heavy atom. The zero-order chi connectivity index (χ0) is 16.1. The molecule has 0 radical (unpaired) electrons. The minimum absolute atomic E-state index is 0.0742. The maximum Gasteiger partial charge on any atom is 0.221 e. The molecule has 0 aliphatic heterocycles. The molecule has 0 heterocycles. The van der Waals surface area contributed by atoms with Crippen molar-refractivity contribution in [2.24, 2.45) is 4.99 Å². The Balaban J connectivity index is 2.36. The van der Waals surface area contributed by atoms with Gasteiger partial charge in [-0.3, -0.25) is 9.79 Å². The van der Waals surface area contributed by atoms with E-state index in [1.807, 2.05) is 0 Å². The van der Waals surface area contributed by atoms with Gasteiger partial charge in [0, 0.05) is 29.4 Å². The minimum Gasteiger partial charge on any atom is -0.507 e. The molecule has 1 amide bonds. The van der Waals surface area contributed by atoms with Crippen molar-refractivity contribution in [3.05, 3.63) is 47.0 Å². The van der Waals surface area contributed by atoms with Crippen LogP contribution in [0.3, 0.4) is 0 Å². The Kier molecular flexibility index (Phi) is 5.01. The van der Waals surface area contributed by atoms with Crippen molar-refractivity contribution in [1.82, 2.24) is 0 Å². The van der Waals surface area contributed by atoms with E-state index in [9.17, 15) is 9.90 Å². The lowest BCUT2D eigenvalue weighted by molar-refractivity contribution is -0.114. The first-order valence-corrected chi connectivity index (χ1v) is 6.85. The lowest BCUT2D eigenvalue weighted by Gasteiger charge is -2.08. The lowest BCUT2D eigenvalue weighted by Crippen LogP contribution is -2.05. The fourth-order valence-corrected chi connectivity index (χ4v) is 2.02. The van der Waals surface area contributed by atoms with Gasteiger partial charge in [0.2, 0.25) is 5.91 Å². The predicted molar refractivity (Wildman–Crippen MR) is 87.7 cm³/mol. The first kappa shape index (κ1) is 15.9. The Hall–Kier alpha value is -2.53. The third-order valence-electron chi connectivity index (χ3n) is 2.83. The summed E-state index contributed by atoms with van der Waals surface area (Å²) in [5.41, 5.74) is 1.61. The number of amides is 1. The summed E-state index contributed by atoms with van der Waals surface area (Å²) in [6.45, 7) is 1.43. The van der Waals surface area contributed by atoms with Crippen molar-refractivity contribution in [1.29, 1.82) is 0 Å². The molecule has 0 spiro atoms. The fraction of sp³-hybridized carbons (Fsp3) is 0.125. The number of nitrogens with one attached hydrogen (secondary N) is 1. The highest BCUT2D eigenvalue weighted by Crippen LogP contribution is 2.31. The van der Waals surface area contributed by atoms with Gasteiger partial charge in [0.1, 0.15) is 17.2 Å². The molecule has 2 aromatic carbocycles. The van der Waals surface area contributed by atoms with Crippen LogP contribution < -0.4 is 10.1 Å². The smallest absolute Gasteiger partial charge is 0.221 e. The summed E-state index contributed by atoms with van der Waals surface area (Å²) in [6, 6.07) is 9.79. The van der Waals surface area contributed by atoms with Crippen LogP contribution in [0.4, 0.5) is 11.4 Å². The van der Waals surface area contributed by atoms with E-state index in [1.54, 1.807) is 30.3 Å². The highest BCUT2D eigenvalue weighted by Gasteiger charge is 2.05.